The molecule has 0 radical (unpaired) electrons. The van der Waals surface area contributed by atoms with Crippen molar-refractivity contribution in [1.82, 2.24) is 0 Å². The van der Waals surface area contributed by atoms with Crippen molar-refractivity contribution in [2.75, 3.05) is 20.8 Å². The molecule has 0 unspecified atom stereocenters. The molecule has 0 saturated carbocycles. The zero-order valence-corrected chi connectivity index (χ0v) is 23.5. The largest absolute Gasteiger partial charge is 0.496 e. The van der Waals surface area contributed by atoms with Gasteiger partial charge in [-0.15, -0.1) is 0 Å². The van der Waals surface area contributed by atoms with Crippen LogP contribution in [-0.2, 0) is 48.2 Å². The van der Waals surface area contributed by atoms with Gasteiger partial charge in [0.05, 0.1) is 46.2 Å². The molecule has 0 aliphatic carbocycles. The van der Waals surface area contributed by atoms with Crippen molar-refractivity contribution in [3.8, 4) is 11.5 Å². The van der Waals surface area contributed by atoms with E-state index in [0.717, 1.165) is 16.7 Å². The Morgan fingerprint density at radius 3 is 2.00 bits per heavy atom. The van der Waals surface area contributed by atoms with E-state index in [-0.39, 0.29) is 6.61 Å². The molecule has 0 amide bonds. The Hall–Kier alpha value is -2.98. The van der Waals surface area contributed by atoms with Crippen LogP contribution in [0.1, 0.15) is 30.5 Å². The van der Waals surface area contributed by atoms with Gasteiger partial charge >= 0.3 is 0 Å². The number of hydrogen-bond acceptors (Lipinski definition) is 8. The van der Waals surface area contributed by atoms with Gasteiger partial charge < -0.3 is 37.9 Å². The maximum atomic E-state index is 6.57. The number of fused-ring (bicyclic) bond motifs is 1. The van der Waals surface area contributed by atoms with Crippen molar-refractivity contribution in [3.05, 3.63) is 95.6 Å². The number of methoxy groups -OCH3 is 2. The molecule has 8 heteroatoms. The molecule has 3 aromatic carbocycles. The van der Waals surface area contributed by atoms with Crippen LogP contribution in [0.3, 0.4) is 0 Å². The summed E-state index contributed by atoms with van der Waals surface area (Å²) in [6.07, 6.45) is -2.50. The summed E-state index contributed by atoms with van der Waals surface area (Å²) in [5.41, 5.74) is 2.94. The predicted molar refractivity (Wildman–Crippen MR) is 148 cm³/mol. The molecule has 0 N–H and O–H groups in total. The molecular formula is C32H38O8. The molecule has 2 saturated heterocycles. The lowest BCUT2D eigenvalue weighted by Crippen LogP contribution is -2.45. The van der Waals surface area contributed by atoms with E-state index in [1.165, 1.54) is 0 Å². The molecule has 0 spiro atoms. The van der Waals surface area contributed by atoms with Gasteiger partial charge in [-0.05, 0) is 37.1 Å². The molecule has 2 aliphatic heterocycles. The maximum Gasteiger partial charge on any atom is 0.190 e. The lowest BCUT2D eigenvalue weighted by molar-refractivity contribution is -0.238. The van der Waals surface area contributed by atoms with E-state index in [4.69, 9.17) is 37.9 Å². The third kappa shape index (κ3) is 6.83. The van der Waals surface area contributed by atoms with Crippen LogP contribution in [0, 0.1) is 0 Å². The Kier molecular flexibility index (Phi) is 9.36. The van der Waals surface area contributed by atoms with E-state index in [9.17, 15) is 0 Å². The quantitative estimate of drug-likeness (QED) is 0.285. The standard InChI is InChI=1S/C32H38O8/c1-32(2)39-30-29(37-20-24-25(33-3)16-11-17-26(24)34-4)28(38-31(30)40-32)27(36-19-23-14-9-6-10-15-23)21-35-18-22-12-7-5-8-13-22/h5-17,27-31H,18-21H2,1-4H3/t27-,28-,29+,30-,31-/m1/s1. The van der Waals surface area contributed by atoms with Crippen LogP contribution in [0.2, 0.25) is 0 Å². The minimum absolute atomic E-state index is 0.223. The lowest BCUT2D eigenvalue weighted by atomic mass is 10.1. The molecule has 2 heterocycles. The van der Waals surface area contributed by atoms with Gasteiger partial charge in [0.25, 0.3) is 0 Å². The zero-order chi connectivity index (χ0) is 28.0. The highest BCUT2D eigenvalue weighted by Gasteiger charge is 2.57. The fraction of sp³-hybridized carbons (Fsp3) is 0.438. The van der Waals surface area contributed by atoms with Crippen LogP contribution in [0.5, 0.6) is 11.5 Å². The lowest BCUT2D eigenvalue weighted by Gasteiger charge is -2.31. The van der Waals surface area contributed by atoms with E-state index in [1.54, 1.807) is 14.2 Å². The van der Waals surface area contributed by atoms with Crippen LogP contribution < -0.4 is 9.47 Å². The highest BCUT2D eigenvalue weighted by molar-refractivity contribution is 5.44. The fourth-order valence-electron chi connectivity index (χ4n) is 5.13. The average molecular weight is 551 g/mol. The summed E-state index contributed by atoms with van der Waals surface area (Å²) in [6, 6.07) is 25.7. The third-order valence-electron chi connectivity index (χ3n) is 7.04. The van der Waals surface area contributed by atoms with Crippen molar-refractivity contribution in [3.63, 3.8) is 0 Å². The van der Waals surface area contributed by atoms with Gasteiger partial charge in [-0.3, -0.25) is 0 Å². The van der Waals surface area contributed by atoms with Crippen LogP contribution >= 0.6 is 0 Å². The Balaban J connectivity index is 1.36. The highest BCUT2D eigenvalue weighted by atomic mass is 16.8. The normalized spacial score (nSPS) is 24.0. The number of rotatable bonds is 13. The summed E-state index contributed by atoms with van der Waals surface area (Å²) in [5.74, 6) is 0.561. The van der Waals surface area contributed by atoms with Crippen molar-refractivity contribution < 1.29 is 37.9 Å². The van der Waals surface area contributed by atoms with Crippen molar-refractivity contribution >= 4 is 0 Å². The molecule has 40 heavy (non-hydrogen) atoms. The Morgan fingerprint density at radius 1 is 0.750 bits per heavy atom. The van der Waals surface area contributed by atoms with Crippen molar-refractivity contribution in [1.29, 1.82) is 0 Å². The Morgan fingerprint density at radius 2 is 1.38 bits per heavy atom. The van der Waals surface area contributed by atoms with Gasteiger partial charge in [-0.1, -0.05) is 66.7 Å². The number of ether oxygens (including phenoxy) is 8. The zero-order valence-electron chi connectivity index (χ0n) is 23.5. The fourth-order valence-corrected chi connectivity index (χ4v) is 5.13. The first-order valence-corrected chi connectivity index (χ1v) is 13.6. The van der Waals surface area contributed by atoms with E-state index < -0.39 is 36.5 Å². The molecule has 3 aromatic rings. The monoisotopic (exact) mass is 550 g/mol. The molecule has 2 aliphatic rings. The summed E-state index contributed by atoms with van der Waals surface area (Å²) in [7, 11) is 3.26. The topological polar surface area (TPSA) is 73.8 Å². The summed E-state index contributed by atoms with van der Waals surface area (Å²) < 4.78 is 49.2. The van der Waals surface area contributed by atoms with Gasteiger partial charge in [0, 0.05) is 0 Å². The van der Waals surface area contributed by atoms with Gasteiger partial charge in [-0.25, -0.2) is 0 Å². The predicted octanol–water partition coefficient (Wildman–Crippen LogP) is 5.27. The number of benzene rings is 3. The molecule has 8 nitrogen and oxygen atoms in total. The molecule has 5 rings (SSSR count). The Labute approximate surface area is 236 Å². The Bertz CT molecular complexity index is 1180. The summed E-state index contributed by atoms with van der Waals surface area (Å²) >= 11 is 0. The second-order valence-electron chi connectivity index (χ2n) is 10.3. The highest BCUT2D eigenvalue weighted by Crippen LogP contribution is 2.41. The van der Waals surface area contributed by atoms with Crippen LogP contribution in [0.25, 0.3) is 0 Å². The molecule has 0 aromatic heterocycles. The first-order chi connectivity index (χ1) is 19.5. The molecule has 2 fully saturated rings. The van der Waals surface area contributed by atoms with Crippen molar-refractivity contribution in [2.45, 2.75) is 70.2 Å². The van der Waals surface area contributed by atoms with Gasteiger partial charge in [0.1, 0.15) is 35.9 Å². The maximum absolute atomic E-state index is 6.57. The second kappa shape index (κ2) is 13.1. The average Bonchev–Trinajstić information content (AvgIpc) is 3.45. The SMILES string of the molecule is COc1cccc(OC)c1CO[C@@H]1[C@H]2OC(C)(C)O[C@H]2O[C@@H]1[C@@H](COCc1ccccc1)OCc1ccccc1. The molecule has 0 bridgehead atoms. The van der Waals surface area contributed by atoms with Crippen molar-refractivity contribution in [2.24, 2.45) is 0 Å². The summed E-state index contributed by atoms with van der Waals surface area (Å²) in [6.45, 7) is 5.12. The second-order valence-corrected chi connectivity index (χ2v) is 10.3. The van der Waals surface area contributed by atoms with E-state index in [2.05, 4.69) is 0 Å². The molecule has 214 valence electrons. The minimum Gasteiger partial charge on any atom is -0.496 e. The van der Waals surface area contributed by atoms with Crippen LogP contribution in [-0.4, -0.2) is 57.3 Å². The van der Waals surface area contributed by atoms with E-state index >= 15 is 0 Å². The number of hydrogen-bond donors (Lipinski definition) is 0. The summed E-state index contributed by atoms with van der Waals surface area (Å²) in [5, 5.41) is 0. The molecular weight excluding hydrogens is 512 g/mol. The summed E-state index contributed by atoms with van der Waals surface area (Å²) in [4.78, 5) is 0. The van der Waals surface area contributed by atoms with E-state index in [0.29, 0.717) is 31.3 Å². The van der Waals surface area contributed by atoms with E-state index in [1.807, 2.05) is 92.7 Å². The van der Waals surface area contributed by atoms with Gasteiger partial charge in [0.15, 0.2) is 12.1 Å². The van der Waals surface area contributed by atoms with Crippen LogP contribution in [0.4, 0.5) is 0 Å². The first-order valence-electron chi connectivity index (χ1n) is 13.6. The third-order valence-corrected chi connectivity index (χ3v) is 7.04. The van der Waals surface area contributed by atoms with Gasteiger partial charge in [0.2, 0.25) is 0 Å². The van der Waals surface area contributed by atoms with Gasteiger partial charge in [-0.2, -0.15) is 0 Å². The molecule has 5 atom stereocenters. The smallest absolute Gasteiger partial charge is 0.190 e. The van der Waals surface area contributed by atoms with Crippen LogP contribution in [0.15, 0.2) is 78.9 Å². The minimum atomic E-state index is -0.797. The first kappa shape index (κ1) is 28.5.